The lowest BCUT2D eigenvalue weighted by molar-refractivity contribution is 0.209. The van der Waals surface area contributed by atoms with Gasteiger partial charge < -0.3 is 9.84 Å². The van der Waals surface area contributed by atoms with Crippen molar-refractivity contribution < 1.29 is 9.84 Å². The first-order valence-corrected chi connectivity index (χ1v) is 7.21. The van der Waals surface area contributed by atoms with E-state index in [1.54, 1.807) is 0 Å². The van der Waals surface area contributed by atoms with E-state index in [1.165, 1.54) is 32.1 Å². The van der Waals surface area contributed by atoms with Crippen molar-refractivity contribution in [2.45, 2.75) is 38.5 Å². The smallest absolute Gasteiger partial charge is 0.120 e. The third-order valence-corrected chi connectivity index (χ3v) is 3.51. The molecule has 1 aromatic rings. The minimum Gasteiger partial charge on any atom is -0.493 e. The Labute approximate surface area is 115 Å². The molecule has 1 aliphatic carbocycles. The second-order valence-electron chi connectivity index (χ2n) is 5.12. The predicted octanol–water partition coefficient (Wildman–Crippen LogP) is 3.38. The molecular formula is C17H22O2. The monoisotopic (exact) mass is 258 g/mol. The van der Waals surface area contributed by atoms with Crippen molar-refractivity contribution in [2.75, 3.05) is 13.2 Å². The van der Waals surface area contributed by atoms with Gasteiger partial charge in [-0.25, -0.2) is 0 Å². The van der Waals surface area contributed by atoms with Crippen molar-refractivity contribution in [3.8, 4) is 17.6 Å². The van der Waals surface area contributed by atoms with Gasteiger partial charge in [-0.05, 0) is 37.0 Å². The highest BCUT2D eigenvalue weighted by Crippen LogP contribution is 2.24. The molecule has 102 valence electrons. The van der Waals surface area contributed by atoms with E-state index in [4.69, 9.17) is 9.84 Å². The maximum atomic E-state index is 8.70. The first-order valence-electron chi connectivity index (χ1n) is 7.21. The number of ether oxygens (including phenoxy) is 1. The first kappa shape index (κ1) is 14.0. The normalized spacial score (nSPS) is 15.6. The van der Waals surface area contributed by atoms with Crippen LogP contribution in [0.4, 0.5) is 0 Å². The molecule has 0 bridgehead atoms. The molecule has 0 amide bonds. The van der Waals surface area contributed by atoms with Crippen LogP contribution in [-0.4, -0.2) is 18.3 Å². The second-order valence-corrected chi connectivity index (χ2v) is 5.12. The quantitative estimate of drug-likeness (QED) is 0.839. The van der Waals surface area contributed by atoms with Crippen LogP contribution in [0.5, 0.6) is 5.75 Å². The van der Waals surface area contributed by atoms with E-state index in [9.17, 15) is 0 Å². The van der Waals surface area contributed by atoms with E-state index < -0.39 is 0 Å². The van der Waals surface area contributed by atoms with Crippen molar-refractivity contribution in [1.29, 1.82) is 0 Å². The Morgan fingerprint density at radius 2 is 2.05 bits per heavy atom. The number of benzene rings is 1. The van der Waals surface area contributed by atoms with Gasteiger partial charge in [0.05, 0.1) is 13.2 Å². The lowest BCUT2D eigenvalue weighted by Gasteiger charge is -2.21. The summed E-state index contributed by atoms with van der Waals surface area (Å²) in [5, 5.41) is 8.70. The largest absolute Gasteiger partial charge is 0.493 e. The number of hydrogen-bond acceptors (Lipinski definition) is 2. The molecular weight excluding hydrogens is 236 g/mol. The van der Waals surface area contributed by atoms with Crippen molar-refractivity contribution in [2.24, 2.45) is 5.92 Å². The molecule has 0 heterocycles. The average Bonchev–Trinajstić information content (AvgIpc) is 2.47. The van der Waals surface area contributed by atoms with Crippen LogP contribution in [0.1, 0.15) is 44.1 Å². The van der Waals surface area contributed by atoms with E-state index in [0.29, 0.717) is 6.42 Å². The summed E-state index contributed by atoms with van der Waals surface area (Å²) >= 11 is 0. The van der Waals surface area contributed by atoms with Gasteiger partial charge in [-0.3, -0.25) is 0 Å². The van der Waals surface area contributed by atoms with E-state index >= 15 is 0 Å². The third-order valence-electron chi connectivity index (χ3n) is 3.51. The maximum absolute atomic E-state index is 8.70. The Hall–Kier alpha value is -1.46. The highest BCUT2D eigenvalue weighted by molar-refractivity contribution is 5.39. The summed E-state index contributed by atoms with van der Waals surface area (Å²) in [7, 11) is 0. The van der Waals surface area contributed by atoms with Crippen LogP contribution < -0.4 is 4.74 Å². The van der Waals surface area contributed by atoms with Crippen molar-refractivity contribution in [3.05, 3.63) is 29.8 Å². The zero-order chi connectivity index (χ0) is 13.3. The zero-order valence-electron chi connectivity index (χ0n) is 11.4. The third kappa shape index (κ3) is 4.96. The summed E-state index contributed by atoms with van der Waals surface area (Å²) in [6.45, 7) is 0.943. The molecule has 2 heteroatoms. The van der Waals surface area contributed by atoms with Gasteiger partial charge >= 0.3 is 0 Å². The molecule has 0 aliphatic heterocycles. The lowest BCUT2D eigenvalue weighted by atomic mass is 9.90. The van der Waals surface area contributed by atoms with E-state index in [1.807, 2.05) is 24.3 Å². The fourth-order valence-corrected chi connectivity index (χ4v) is 2.45. The predicted molar refractivity (Wildman–Crippen MR) is 77.1 cm³/mol. The molecule has 1 aliphatic rings. The van der Waals surface area contributed by atoms with Crippen molar-refractivity contribution >= 4 is 0 Å². The Morgan fingerprint density at radius 1 is 1.21 bits per heavy atom. The molecule has 0 spiro atoms. The van der Waals surface area contributed by atoms with Gasteiger partial charge in [0.15, 0.2) is 0 Å². The summed E-state index contributed by atoms with van der Waals surface area (Å²) in [6.07, 6.45) is 7.20. The van der Waals surface area contributed by atoms with Crippen molar-refractivity contribution in [3.63, 3.8) is 0 Å². The molecule has 1 fully saturated rings. The van der Waals surface area contributed by atoms with Crippen LogP contribution in [0.25, 0.3) is 0 Å². The Kier molecular flexibility index (Phi) is 5.78. The molecule has 19 heavy (non-hydrogen) atoms. The van der Waals surface area contributed by atoms with E-state index in [0.717, 1.165) is 23.8 Å². The standard InChI is InChI=1S/C17H22O2/c18-12-5-4-7-15-10-6-11-17(13-15)19-14-16-8-2-1-3-9-16/h6,10-11,13,16,18H,1-3,5,8-9,12,14H2. The summed E-state index contributed by atoms with van der Waals surface area (Å²) in [6, 6.07) is 7.91. The Morgan fingerprint density at radius 3 is 2.84 bits per heavy atom. The van der Waals surface area contributed by atoms with Crippen LogP contribution >= 0.6 is 0 Å². The Bertz CT molecular complexity index is 436. The Balaban J connectivity index is 1.86. The average molecular weight is 258 g/mol. The van der Waals surface area contributed by atoms with Gasteiger partial charge in [0, 0.05) is 12.0 Å². The second kappa shape index (κ2) is 7.86. The topological polar surface area (TPSA) is 29.5 Å². The molecule has 1 N–H and O–H groups in total. The minimum atomic E-state index is 0.116. The molecule has 1 saturated carbocycles. The minimum absolute atomic E-state index is 0.116. The molecule has 0 aromatic heterocycles. The molecule has 0 radical (unpaired) electrons. The van der Waals surface area contributed by atoms with Gasteiger partial charge in [0.2, 0.25) is 0 Å². The van der Waals surface area contributed by atoms with Gasteiger partial charge in [-0.1, -0.05) is 37.2 Å². The number of aliphatic hydroxyl groups excluding tert-OH is 1. The van der Waals surface area contributed by atoms with Crippen LogP contribution in [0.2, 0.25) is 0 Å². The van der Waals surface area contributed by atoms with Gasteiger partial charge in [0.25, 0.3) is 0 Å². The molecule has 2 nitrogen and oxygen atoms in total. The van der Waals surface area contributed by atoms with E-state index in [2.05, 4.69) is 11.8 Å². The summed E-state index contributed by atoms with van der Waals surface area (Å²) < 4.78 is 5.88. The fraction of sp³-hybridized carbons (Fsp3) is 0.529. The van der Waals surface area contributed by atoms with Gasteiger partial charge in [0.1, 0.15) is 5.75 Å². The van der Waals surface area contributed by atoms with Gasteiger partial charge in [-0.2, -0.15) is 0 Å². The maximum Gasteiger partial charge on any atom is 0.120 e. The number of hydrogen-bond donors (Lipinski definition) is 1. The van der Waals surface area contributed by atoms with Gasteiger partial charge in [-0.15, -0.1) is 0 Å². The SMILES string of the molecule is OCCC#Cc1cccc(OCC2CCCCC2)c1. The van der Waals surface area contributed by atoms with Crippen LogP contribution in [-0.2, 0) is 0 Å². The summed E-state index contributed by atoms with van der Waals surface area (Å²) in [4.78, 5) is 0. The molecule has 0 unspecified atom stereocenters. The lowest BCUT2D eigenvalue weighted by Crippen LogP contribution is -2.15. The molecule has 0 atom stereocenters. The first-order chi connectivity index (χ1) is 9.38. The summed E-state index contributed by atoms with van der Waals surface area (Å²) in [5.74, 6) is 7.59. The van der Waals surface area contributed by atoms with Crippen LogP contribution in [0.15, 0.2) is 24.3 Å². The number of aliphatic hydroxyl groups is 1. The summed E-state index contributed by atoms with van der Waals surface area (Å²) in [5.41, 5.74) is 0.953. The molecule has 1 aromatic carbocycles. The highest BCUT2D eigenvalue weighted by Gasteiger charge is 2.13. The van der Waals surface area contributed by atoms with Crippen LogP contribution in [0.3, 0.4) is 0 Å². The number of rotatable bonds is 4. The van der Waals surface area contributed by atoms with E-state index in [-0.39, 0.29) is 6.61 Å². The molecule has 2 rings (SSSR count). The fourth-order valence-electron chi connectivity index (χ4n) is 2.45. The van der Waals surface area contributed by atoms with Crippen LogP contribution in [0, 0.1) is 17.8 Å². The molecule has 0 saturated heterocycles. The highest BCUT2D eigenvalue weighted by atomic mass is 16.5. The zero-order valence-corrected chi connectivity index (χ0v) is 11.4. The van der Waals surface area contributed by atoms with Crippen molar-refractivity contribution in [1.82, 2.24) is 0 Å².